The molecule has 0 fully saturated rings. The molecule has 3 aromatic rings. The van der Waals surface area contributed by atoms with Gasteiger partial charge in [-0.25, -0.2) is 0 Å². The molecular formula is C24H25N3OS. The summed E-state index contributed by atoms with van der Waals surface area (Å²) in [4.78, 5) is 17.9. The van der Waals surface area contributed by atoms with Crippen LogP contribution >= 0.6 is 11.9 Å². The third-order valence-electron chi connectivity index (χ3n) is 4.75. The van der Waals surface area contributed by atoms with Gasteiger partial charge in [-0.3, -0.25) is 9.78 Å². The van der Waals surface area contributed by atoms with Crippen molar-refractivity contribution in [1.82, 2.24) is 9.71 Å². The van der Waals surface area contributed by atoms with E-state index in [1.165, 1.54) is 17.5 Å². The molecule has 2 aromatic carbocycles. The number of hydrogen-bond acceptors (Lipinski definition) is 5. The molecule has 148 valence electrons. The van der Waals surface area contributed by atoms with E-state index in [0.29, 0.717) is 16.5 Å². The predicted molar refractivity (Wildman–Crippen MR) is 126 cm³/mol. The van der Waals surface area contributed by atoms with Gasteiger partial charge in [-0.15, -0.1) is 0 Å². The lowest BCUT2D eigenvalue weighted by Crippen LogP contribution is -2.09. The van der Waals surface area contributed by atoms with Crippen molar-refractivity contribution in [3.8, 4) is 0 Å². The van der Waals surface area contributed by atoms with Gasteiger partial charge in [0.2, 0.25) is 0 Å². The van der Waals surface area contributed by atoms with Crippen LogP contribution in [0, 0.1) is 6.92 Å². The lowest BCUT2D eigenvalue weighted by atomic mass is 10.1. The molecule has 0 saturated heterocycles. The summed E-state index contributed by atoms with van der Waals surface area (Å²) in [5, 5.41) is 4.03. The Labute approximate surface area is 175 Å². The van der Waals surface area contributed by atoms with Crippen LogP contribution in [0.3, 0.4) is 0 Å². The van der Waals surface area contributed by atoms with Crippen molar-refractivity contribution in [3.05, 3.63) is 100.0 Å². The highest BCUT2D eigenvalue weighted by Gasteiger charge is 2.10. The molecule has 0 amide bonds. The first-order valence-corrected chi connectivity index (χ1v) is 10.6. The lowest BCUT2D eigenvalue weighted by molar-refractivity contribution is 0.884. The van der Waals surface area contributed by atoms with E-state index >= 15 is 0 Å². The minimum Gasteiger partial charge on any atom is -0.377 e. The smallest absolute Gasteiger partial charge is 0.195 e. The third kappa shape index (κ3) is 4.87. The van der Waals surface area contributed by atoms with Crippen LogP contribution < -0.4 is 15.5 Å². The first kappa shape index (κ1) is 20.7. The highest BCUT2D eigenvalue weighted by atomic mass is 32.2. The number of pyridine rings is 1. The van der Waals surface area contributed by atoms with Crippen molar-refractivity contribution in [3.63, 3.8) is 0 Å². The van der Waals surface area contributed by atoms with Crippen molar-refractivity contribution in [2.24, 2.45) is 0 Å². The molecular weight excluding hydrogens is 378 g/mol. The molecule has 0 aliphatic rings. The van der Waals surface area contributed by atoms with Crippen LogP contribution in [-0.2, 0) is 0 Å². The summed E-state index contributed by atoms with van der Waals surface area (Å²) < 4.78 is 3.14. The molecule has 1 heterocycles. The summed E-state index contributed by atoms with van der Waals surface area (Å²) in [7, 11) is 0. The Hall–Kier alpha value is -3.05. The van der Waals surface area contributed by atoms with Gasteiger partial charge in [-0.1, -0.05) is 54.9 Å². The fourth-order valence-electron chi connectivity index (χ4n) is 3.14. The Morgan fingerprint density at radius 1 is 1.21 bits per heavy atom. The zero-order valence-electron chi connectivity index (χ0n) is 16.9. The fraction of sp³-hybridized carbons (Fsp3) is 0.167. The normalized spacial score (nSPS) is 12.4. The summed E-state index contributed by atoms with van der Waals surface area (Å²) in [5.41, 5.74) is 4.93. The fourth-order valence-corrected chi connectivity index (χ4v) is 3.52. The third-order valence-corrected chi connectivity index (χ3v) is 5.19. The van der Waals surface area contributed by atoms with Gasteiger partial charge < -0.3 is 10.0 Å². The second-order valence-corrected chi connectivity index (χ2v) is 7.42. The minimum absolute atomic E-state index is 0.0479. The topological polar surface area (TPSA) is 54.0 Å². The maximum absolute atomic E-state index is 13.3. The van der Waals surface area contributed by atoms with Gasteiger partial charge in [0.15, 0.2) is 5.43 Å². The molecule has 0 radical (unpaired) electrons. The average molecular weight is 404 g/mol. The van der Waals surface area contributed by atoms with Gasteiger partial charge >= 0.3 is 0 Å². The summed E-state index contributed by atoms with van der Waals surface area (Å²) >= 11 is 1.46. The number of anilines is 1. The van der Waals surface area contributed by atoms with Crippen LogP contribution in [0.1, 0.15) is 29.7 Å². The van der Waals surface area contributed by atoms with Crippen molar-refractivity contribution in [2.75, 3.05) is 11.6 Å². The highest BCUT2D eigenvalue weighted by Crippen LogP contribution is 2.21. The molecule has 5 heteroatoms. The standard InChI is InChI=1S/C24H25N3OS/c1-5-19(27-29-4)13-21-16(2)11-12-23-22(24(21)28)14-20(15-25-23)26-17(3)18-9-7-6-8-10-18/h5-15,17,26-27H,1H2,2-4H3/b19-13+. The quantitative estimate of drug-likeness (QED) is 0.405. The number of fused-ring (bicyclic) bond motifs is 1. The van der Waals surface area contributed by atoms with E-state index in [1.807, 2.05) is 55.7 Å². The largest absolute Gasteiger partial charge is 0.377 e. The average Bonchev–Trinajstić information content (AvgIpc) is 2.85. The van der Waals surface area contributed by atoms with E-state index < -0.39 is 0 Å². The second-order valence-electron chi connectivity index (χ2n) is 6.80. The SMILES string of the molecule is C=C/C(=C\c1c(C)ccc2ncc(NC(C)c3ccccc3)cc2c1=O)NSC. The maximum Gasteiger partial charge on any atom is 0.195 e. The molecule has 2 N–H and O–H groups in total. The summed E-state index contributed by atoms with van der Waals surface area (Å²) in [6, 6.07) is 16.0. The van der Waals surface area contributed by atoms with E-state index in [0.717, 1.165) is 16.9 Å². The number of aryl methyl sites for hydroxylation is 1. The lowest BCUT2D eigenvalue weighted by Gasteiger charge is -2.15. The number of nitrogens with zero attached hydrogens (tertiary/aromatic N) is 1. The van der Waals surface area contributed by atoms with Crippen molar-refractivity contribution in [1.29, 1.82) is 0 Å². The number of nitrogens with one attached hydrogen (secondary N) is 2. The van der Waals surface area contributed by atoms with Crippen molar-refractivity contribution < 1.29 is 0 Å². The molecule has 1 aromatic heterocycles. The monoisotopic (exact) mass is 403 g/mol. The van der Waals surface area contributed by atoms with E-state index in [2.05, 4.69) is 40.7 Å². The minimum atomic E-state index is -0.0479. The van der Waals surface area contributed by atoms with Crippen LogP contribution in [0.25, 0.3) is 17.0 Å². The van der Waals surface area contributed by atoms with E-state index in [4.69, 9.17) is 0 Å². The first-order valence-electron chi connectivity index (χ1n) is 9.41. The Morgan fingerprint density at radius 3 is 2.66 bits per heavy atom. The molecule has 1 atom stereocenters. The molecule has 4 nitrogen and oxygen atoms in total. The van der Waals surface area contributed by atoms with Gasteiger partial charge in [0.1, 0.15) is 0 Å². The molecule has 1 unspecified atom stereocenters. The Morgan fingerprint density at radius 2 is 1.97 bits per heavy atom. The molecule has 0 saturated carbocycles. The zero-order chi connectivity index (χ0) is 20.8. The Balaban J connectivity index is 2.07. The Bertz CT molecular complexity index is 1110. The van der Waals surface area contributed by atoms with Crippen molar-refractivity contribution >= 4 is 34.6 Å². The molecule has 0 spiro atoms. The number of rotatable bonds is 7. The van der Waals surface area contributed by atoms with Gasteiger partial charge in [0.25, 0.3) is 0 Å². The predicted octanol–water partition coefficient (Wildman–Crippen LogP) is 5.47. The van der Waals surface area contributed by atoms with E-state index in [-0.39, 0.29) is 11.5 Å². The molecule has 0 bridgehead atoms. The molecule has 29 heavy (non-hydrogen) atoms. The maximum atomic E-state index is 13.3. The number of aromatic nitrogens is 1. The summed E-state index contributed by atoms with van der Waals surface area (Å²) in [6.07, 6.45) is 7.25. The van der Waals surface area contributed by atoms with Gasteiger partial charge in [0, 0.05) is 23.6 Å². The van der Waals surface area contributed by atoms with Crippen LogP contribution in [-0.4, -0.2) is 11.2 Å². The van der Waals surface area contributed by atoms with Crippen LogP contribution in [0.5, 0.6) is 0 Å². The van der Waals surface area contributed by atoms with Crippen LogP contribution in [0.2, 0.25) is 0 Å². The number of benzene rings is 1. The Kier molecular flexibility index (Phi) is 6.73. The molecule has 0 aliphatic carbocycles. The van der Waals surface area contributed by atoms with Gasteiger partial charge in [0.05, 0.1) is 22.8 Å². The summed E-state index contributed by atoms with van der Waals surface area (Å²) in [5.74, 6) is 0. The first-order chi connectivity index (χ1) is 14.0. The number of hydrogen-bond donors (Lipinski definition) is 2. The second kappa shape index (κ2) is 9.43. The molecule has 0 aliphatic heterocycles. The van der Waals surface area contributed by atoms with Gasteiger partial charge in [-0.05, 0) is 49.3 Å². The number of allylic oxidation sites excluding steroid dienone is 1. The molecule has 3 rings (SSSR count). The van der Waals surface area contributed by atoms with Gasteiger partial charge in [-0.2, -0.15) is 0 Å². The van der Waals surface area contributed by atoms with Crippen molar-refractivity contribution in [2.45, 2.75) is 19.9 Å². The highest BCUT2D eigenvalue weighted by molar-refractivity contribution is 7.96. The van der Waals surface area contributed by atoms with Crippen LogP contribution in [0.15, 0.2) is 77.9 Å². The summed E-state index contributed by atoms with van der Waals surface area (Å²) in [6.45, 7) is 7.84. The van der Waals surface area contributed by atoms with E-state index in [1.54, 1.807) is 12.3 Å². The van der Waals surface area contributed by atoms with E-state index in [9.17, 15) is 4.79 Å². The van der Waals surface area contributed by atoms with Crippen LogP contribution in [0.4, 0.5) is 5.69 Å². The zero-order valence-corrected chi connectivity index (χ0v) is 17.7.